The van der Waals surface area contributed by atoms with E-state index in [1.165, 1.54) is 0 Å². The van der Waals surface area contributed by atoms with Gasteiger partial charge in [-0.1, -0.05) is 0 Å². The van der Waals surface area contributed by atoms with E-state index in [1.807, 2.05) is 32.0 Å². The molecule has 0 saturated heterocycles. The number of aromatic nitrogens is 4. The highest BCUT2D eigenvalue weighted by Crippen LogP contribution is 2.19. The van der Waals surface area contributed by atoms with E-state index in [-0.39, 0.29) is 0 Å². The third kappa shape index (κ3) is 2.40. The Kier molecular flexibility index (Phi) is 3.20. The zero-order chi connectivity index (χ0) is 13.9. The molecule has 3 rings (SSSR count). The van der Waals surface area contributed by atoms with Gasteiger partial charge in [-0.2, -0.15) is 0 Å². The summed E-state index contributed by atoms with van der Waals surface area (Å²) in [5.74, 6) is 0.951. The molecule has 0 amide bonds. The Morgan fingerprint density at radius 3 is 2.75 bits per heavy atom. The molecule has 6 heteroatoms. The summed E-state index contributed by atoms with van der Waals surface area (Å²) in [6.07, 6.45) is 3.29. The van der Waals surface area contributed by atoms with E-state index in [9.17, 15) is 0 Å². The molecule has 0 fully saturated rings. The van der Waals surface area contributed by atoms with Crippen LogP contribution in [0.15, 0.2) is 41.3 Å². The summed E-state index contributed by atoms with van der Waals surface area (Å²) in [5.41, 5.74) is 4.25. The summed E-state index contributed by atoms with van der Waals surface area (Å²) in [5, 5.41) is 14.5. The van der Waals surface area contributed by atoms with Crippen LogP contribution in [0.2, 0.25) is 0 Å². The Balaban J connectivity index is 1.76. The molecule has 0 radical (unpaired) electrons. The highest BCUT2D eigenvalue weighted by molar-refractivity contribution is 5.53. The molecule has 0 aliphatic carbocycles. The number of benzene rings is 1. The van der Waals surface area contributed by atoms with Crippen LogP contribution in [0.25, 0.3) is 5.69 Å². The van der Waals surface area contributed by atoms with Gasteiger partial charge in [-0.05, 0) is 59.7 Å². The maximum Gasteiger partial charge on any atom is 0.143 e. The van der Waals surface area contributed by atoms with E-state index >= 15 is 0 Å². The van der Waals surface area contributed by atoms with E-state index in [2.05, 4.69) is 26.9 Å². The number of tetrazole rings is 1. The second kappa shape index (κ2) is 5.16. The number of furan rings is 1. The third-order valence-electron chi connectivity index (χ3n) is 3.21. The van der Waals surface area contributed by atoms with Gasteiger partial charge in [0.25, 0.3) is 0 Å². The van der Waals surface area contributed by atoms with Crippen molar-refractivity contribution < 1.29 is 4.42 Å². The number of hydrogen-bond donors (Lipinski definition) is 1. The fourth-order valence-corrected chi connectivity index (χ4v) is 2.06. The van der Waals surface area contributed by atoms with Gasteiger partial charge >= 0.3 is 0 Å². The van der Waals surface area contributed by atoms with Gasteiger partial charge in [-0.25, -0.2) is 4.68 Å². The van der Waals surface area contributed by atoms with Crippen molar-refractivity contribution in [3.63, 3.8) is 0 Å². The lowest BCUT2D eigenvalue weighted by Gasteiger charge is -2.09. The zero-order valence-corrected chi connectivity index (χ0v) is 11.4. The summed E-state index contributed by atoms with van der Waals surface area (Å²) in [6.45, 7) is 4.73. The summed E-state index contributed by atoms with van der Waals surface area (Å²) in [6, 6.07) is 8.02. The minimum atomic E-state index is 0.669. The highest BCUT2D eigenvalue weighted by Gasteiger charge is 2.05. The van der Waals surface area contributed by atoms with Crippen molar-refractivity contribution in [1.29, 1.82) is 0 Å². The molecule has 0 spiro atoms. The van der Waals surface area contributed by atoms with Gasteiger partial charge in [0.2, 0.25) is 0 Å². The van der Waals surface area contributed by atoms with Crippen LogP contribution in [0.1, 0.15) is 16.9 Å². The first-order valence-corrected chi connectivity index (χ1v) is 6.35. The number of hydrogen-bond acceptors (Lipinski definition) is 5. The molecule has 0 bridgehead atoms. The quantitative estimate of drug-likeness (QED) is 0.788. The van der Waals surface area contributed by atoms with Crippen molar-refractivity contribution in [2.24, 2.45) is 0 Å². The minimum absolute atomic E-state index is 0.669. The summed E-state index contributed by atoms with van der Waals surface area (Å²) in [4.78, 5) is 0. The van der Waals surface area contributed by atoms with E-state index in [0.29, 0.717) is 6.54 Å². The first-order valence-electron chi connectivity index (χ1n) is 6.35. The van der Waals surface area contributed by atoms with Gasteiger partial charge in [-0.15, -0.1) is 5.10 Å². The second-order valence-corrected chi connectivity index (χ2v) is 4.64. The van der Waals surface area contributed by atoms with Crippen LogP contribution < -0.4 is 5.32 Å². The average Bonchev–Trinajstić information content (AvgIpc) is 3.08. The Labute approximate surface area is 116 Å². The molecule has 6 nitrogen and oxygen atoms in total. The predicted molar refractivity (Wildman–Crippen MR) is 74.7 cm³/mol. The molecule has 0 aliphatic rings. The maximum atomic E-state index is 5.41. The maximum absolute atomic E-state index is 5.41. The van der Waals surface area contributed by atoms with Crippen LogP contribution in [0, 0.1) is 13.8 Å². The van der Waals surface area contributed by atoms with Gasteiger partial charge in [0.1, 0.15) is 12.1 Å². The molecule has 0 atom stereocenters. The SMILES string of the molecule is Cc1cc(NCc2occc2C)ccc1-n1cnnn1. The van der Waals surface area contributed by atoms with Gasteiger partial charge in [0.05, 0.1) is 18.5 Å². The number of anilines is 1. The Bertz CT molecular complexity index is 702. The van der Waals surface area contributed by atoms with E-state index in [4.69, 9.17) is 4.42 Å². The summed E-state index contributed by atoms with van der Waals surface area (Å²) in [7, 11) is 0. The van der Waals surface area contributed by atoms with Crippen LogP contribution in [-0.2, 0) is 6.54 Å². The number of rotatable bonds is 4. The summed E-state index contributed by atoms with van der Waals surface area (Å²) < 4.78 is 7.05. The van der Waals surface area contributed by atoms with Crippen molar-refractivity contribution in [1.82, 2.24) is 20.2 Å². The van der Waals surface area contributed by atoms with Crippen molar-refractivity contribution in [2.45, 2.75) is 20.4 Å². The lowest BCUT2D eigenvalue weighted by Crippen LogP contribution is -2.02. The number of aryl methyl sites for hydroxylation is 2. The Hall–Kier alpha value is -2.63. The lowest BCUT2D eigenvalue weighted by atomic mass is 10.1. The molecular weight excluding hydrogens is 254 g/mol. The highest BCUT2D eigenvalue weighted by atomic mass is 16.3. The minimum Gasteiger partial charge on any atom is -0.467 e. The molecular formula is C14H15N5O. The molecule has 0 unspecified atom stereocenters. The molecule has 102 valence electrons. The van der Waals surface area contributed by atoms with E-state index in [0.717, 1.165) is 28.3 Å². The van der Waals surface area contributed by atoms with Crippen molar-refractivity contribution in [2.75, 3.05) is 5.32 Å². The van der Waals surface area contributed by atoms with Crippen LogP contribution in [-0.4, -0.2) is 20.2 Å². The van der Waals surface area contributed by atoms with Crippen LogP contribution in [0.3, 0.4) is 0 Å². The largest absolute Gasteiger partial charge is 0.467 e. The van der Waals surface area contributed by atoms with Crippen molar-refractivity contribution in [3.8, 4) is 5.69 Å². The summed E-state index contributed by atoms with van der Waals surface area (Å²) >= 11 is 0. The van der Waals surface area contributed by atoms with Gasteiger partial charge in [0.15, 0.2) is 0 Å². The molecule has 2 aromatic heterocycles. The van der Waals surface area contributed by atoms with E-state index in [1.54, 1.807) is 17.3 Å². The Morgan fingerprint density at radius 1 is 1.20 bits per heavy atom. The van der Waals surface area contributed by atoms with Crippen molar-refractivity contribution in [3.05, 3.63) is 53.7 Å². The monoisotopic (exact) mass is 269 g/mol. The number of nitrogens with one attached hydrogen (secondary N) is 1. The van der Waals surface area contributed by atoms with Crippen LogP contribution >= 0.6 is 0 Å². The normalized spacial score (nSPS) is 10.7. The molecule has 1 N–H and O–H groups in total. The molecule has 0 saturated carbocycles. The zero-order valence-electron chi connectivity index (χ0n) is 11.4. The average molecular weight is 269 g/mol. The lowest BCUT2D eigenvalue weighted by molar-refractivity contribution is 0.515. The van der Waals surface area contributed by atoms with Gasteiger partial charge in [-0.3, -0.25) is 0 Å². The molecule has 2 heterocycles. The molecule has 0 aliphatic heterocycles. The first-order chi connectivity index (χ1) is 9.74. The predicted octanol–water partition coefficient (Wildman–Crippen LogP) is 2.48. The fraction of sp³-hybridized carbons (Fsp3) is 0.214. The smallest absolute Gasteiger partial charge is 0.143 e. The van der Waals surface area contributed by atoms with E-state index < -0.39 is 0 Å². The first kappa shape index (κ1) is 12.4. The fourth-order valence-electron chi connectivity index (χ4n) is 2.06. The van der Waals surface area contributed by atoms with Gasteiger partial charge < -0.3 is 9.73 Å². The van der Waals surface area contributed by atoms with Crippen LogP contribution in [0.5, 0.6) is 0 Å². The topological polar surface area (TPSA) is 68.8 Å². The van der Waals surface area contributed by atoms with Crippen LogP contribution in [0.4, 0.5) is 5.69 Å². The second-order valence-electron chi connectivity index (χ2n) is 4.64. The third-order valence-corrected chi connectivity index (χ3v) is 3.21. The number of nitrogens with zero attached hydrogens (tertiary/aromatic N) is 4. The standard InChI is InChI=1S/C14H15N5O/c1-10-5-6-20-14(10)8-15-12-3-4-13(11(2)7-12)19-9-16-17-18-19/h3-7,9,15H,8H2,1-2H3. The van der Waals surface area contributed by atoms with Gasteiger partial charge in [0, 0.05) is 5.69 Å². The molecule has 3 aromatic rings. The van der Waals surface area contributed by atoms with Crippen molar-refractivity contribution >= 4 is 5.69 Å². The Morgan fingerprint density at radius 2 is 2.10 bits per heavy atom. The molecule has 20 heavy (non-hydrogen) atoms. The molecule has 1 aromatic carbocycles.